The van der Waals surface area contributed by atoms with Gasteiger partial charge in [0.2, 0.25) is 0 Å². The number of likely N-dealkylation sites (N-methyl/N-ethyl adjacent to an activating group) is 1. The average molecular weight is 518 g/mol. The number of methoxy groups -OCH3 is 1. The number of hydrogen-bond donors (Lipinski definition) is 2. The molecule has 36 heavy (non-hydrogen) atoms. The molecule has 0 amide bonds. The van der Waals surface area contributed by atoms with Crippen LogP contribution in [0.5, 0.6) is 5.75 Å². The second-order valence-electron chi connectivity index (χ2n) is 9.48. The van der Waals surface area contributed by atoms with Crippen molar-refractivity contribution in [3.8, 4) is 5.75 Å². The molecule has 3 aromatic rings. The Morgan fingerprint density at radius 1 is 1.17 bits per heavy atom. The number of allylic oxidation sites excluding steroid dienone is 2. The minimum atomic E-state index is -0.193. The van der Waals surface area contributed by atoms with Crippen molar-refractivity contribution >= 4 is 41.6 Å². The molecule has 1 aliphatic rings. The van der Waals surface area contributed by atoms with Crippen molar-refractivity contribution in [3.05, 3.63) is 86.7 Å². The molecule has 1 unspecified atom stereocenters. The number of ether oxygens (including phenoxy) is 1. The van der Waals surface area contributed by atoms with Crippen LogP contribution in [0, 0.1) is 19.3 Å². The predicted molar refractivity (Wildman–Crippen MR) is 157 cm³/mol. The van der Waals surface area contributed by atoms with Gasteiger partial charge in [0, 0.05) is 62.9 Å². The second kappa shape index (κ2) is 11.1. The van der Waals surface area contributed by atoms with E-state index in [2.05, 4.69) is 73.6 Å². The number of aliphatic imine (C=N–C) groups is 1. The van der Waals surface area contributed by atoms with Gasteiger partial charge in [-0.2, -0.15) is 0 Å². The fourth-order valence-electron chi connectivity index (χ4n) is 5.11. The van der Waals surface area contributed by atoms with Crippen molar-refractivity contribution in [2.75, 3.05) is 25.1 Å². The highest BCUT2D eigenvalue weighted by molar-refractivity contribution is 7.80. The normalized spacial score (nSPS) is 18.3. The number of aryl methyl sites for hydroxylation is 2. The first kappa shape index (κ1) is 26.2. The molecule has 0 aliphatic carbocycles. The monoisotopic (exact) mass is 517 g/mol. The minimum absolute atomic E-state index is 0.193. The molecule has 4 rings (SSSR count). The molecule has 0 radical (unpaired) electrons. The Hall–Kier alpha value is -2.83. The van der Waals surface area contributed by atoms with Crippen LogP contribution in [0.2, 0.25) is 0 Å². The van der Waals surface area contributed by atoms with Gasteiger partial charge in [0.25, 0.3) is 0 Å². The van der Waals surface area contributed by atoms with Crippen LogP contribution in [0.3, 0.4) is 0 Å². The number of thiol groups is 1. The smallest absolute Gasteiger partial charge is 0.119 e. The summed E-state index contributed by atoms with van der Waals surface area (Å²) in [5, 5.41) is 8.49. The third kappa shape index (κ3) is 5.30. The first-order valence-electron chi connectivity index (χ1n) is 12.4. The third-order valence-corrected chi connectivity index (χ3v) is 8.23. The van der Waals surface area contributed by atoms with Crippen LogP contribution < -0.4 is 9.64 Å². The number of benzene rings is 2. The summed E-state index contributed by atoms with van der Waals surface area (Å²) in [7, 11) is 1.73. The van der Waals surface area contributed by atoms with E-state index in [0.29, 0.717) is 18.7 Å². The van der Waals surface area contributed by atoms with Crippen molar-refractivity contribution in [3.63, 3.8) is 0 Å². The largest absolute Gasteiger partial charge is 0.497 e. The topological polar surface area (TPSA) is 48.7 Å². The molecule has 1 N–H and O–H groups in total. The number of anilines is 1. The van der Waals surface area contributed by atoms with Gasteiger partial charge in [-0.3, -0.25) is 4.99 Å². The summed E-state index contributed by atoms with van der Waals surface area (Å²) in [6, 6.07) is 16.8. The van der Waals surface area contributed by atoms with Crippen molar-refractivity contribution in [2.45, 2.75) is 50.8 Å². The molecular formula is C30H35N3OS2. The summed E-state index contributed by atoms with van der Waals surface area (Å²) in [6.07, 6.45) is 5.62. The van der Waals surface area contributed by atoms with Crippen molar-refractivity contribution in [1.82, 2.24) is 0 Å². The zero-order valence-corrected chi connectivity index (χ0v) is 23.5. The lowest BCUT2D eigenvalue weighted by molar-refractivity contribution is 0.413. The quantitative estimate of drug-likeness (QED) is 0.229. The maximum absolute atomic E-state index is 8.49. The lowest BCUT2D eigenvalue weighted by Crippen LogP contribution is -2.30. The van der Waals surface area contributed by atoms with Crippen LogP contribution in [0.1, 0.15) is 46.7 Å². The van der Waals surface area contributed by atoms with Gasteiger partial charge in [-0.1, -0.05) is 6.07 Å². The van der Waals surface area contributed by atoms with Crippen molar-refractivity contribution < 1.29 is 4.74 Å². The Bertz CT molecular complexity index is 1320. The van der Waals surface area contributed by atoms with Crippen LogP contribution in [0.15, 0.2) is 70.2 Å². The van der Waals surface area contributed by atoms with Gasteiger partial charge in [0.1, 0.15) is 5.75 Å². The molecule has 0 saturated carbocycles. The number of nitrogens with one attached hydrogen (secondary N) is 1. The number of thiophene rings is 1. The van der Waals surface area contributed by atoms with Crippen LogP contribution >= 0.6 is 24.0 Å². The van der Waals surface area contributed by atoms with E-state index >= 15 is 0 Å². The Labute approximate surface area is 224 Å². The Morgan fingerprint density at radius 2 is 1.97 bits per heavy atom. The molecule has 0 fully saturated rings. The van der Waals surface area contributed by atoms with Crippen LogP contribution in [0.4, 0.5) is 5.69 Å². The van der Waals surface area contributed by atoms with E-state index in [1.54, 1.807) is 7.11 Å². The third-order valence-electron chi connectivity index (χ3n) is 6.95. The number of hydrogen-bond acceptors (Lipinski definition) is 6. The van der Waals surface area contributed by atoms with Crippen LogP contribution in [0.25, 0.3) is 0 Å². The molecule has 188 valence electrons. The number of nitrogens with zero attached hydrogens (tertiary/aromatic N) is 2. The maximum Gasteiger partial charge on any atom is 0.119 e. The summed E-state index contributed by atoms with van der Waals surface area (Å²) < 4.78 is 5.59. The van der Waals surface area contributed by atoms with Gasteiger partial charge in [0.15, 0.2) is 0 Å². The zero-order chi connectivity index (χ0) is 25.9. The highest BCUT2D eigenvalue weighted by Gasteiger charge is 2.43. The molecule has 0 saturated heterocycles. The summed E-state index contributed by atoms with van der Waals surface area (Å²) >= 11 is 6.26. The van der Waals surface area contributed by atoms with E-state index in [-0.39, 0.29) is 5.41 Å². The lowest BCUT2D eigenvalue weighted by Gasteiger charge is -2.29. The minimum Gasteiger partial charge on any atom is -0.497 e. The van der Waals surface area contributed by atoms with E-state index in [0.717, 1.165) is 34.7 Å². The summed E-state index contributed by atoms with van der Waals surface area (Å²) in [5.74, 6) is 0.882. The summed E-state index contributed by atoms with van der Waals surface area (Å²) in [6.45, 7) is 10.2. The van der Waals surface area contributed by atoms with Crippen molar-refractivity contribution in [2.24, 2.45) is 4.99 Å². The van der Waals surface area contributed by atoms with Gasteiger partial charge < -0.3 is 15.0 Å². The fraction of sp³-hybridized carbons (Fsp3) is 0.333. The van der Waals surface area contributed by atoms with E-state index in [1.165, 1.54) is 26.7 Å². The van der Waals surface area contributed by atoms with E-state index in [9.17, 15) is 0 Å². The van der Waals surface area contributed by atoms with Gasteiger partial charge in [0.05, 0.1) is 7.11 Å². The molecule has 4 nitrogen and oxygen atoms in total. The standard InChI is InChI=1S/C30H35N3OS2/c1-6-33-28-12-8-22(34-5)18-26(28)30(4,19-24-10-7-21(3)36-24)29(33)14-16-32-15-13-27(31)25-11-9-23(35)17-20(25)2/h7-12,14,16-18,31,35H,6,13,15,19H2,1-5H3/b29-14-,31-27?,32-16?. The van der Waals surface area contributed by atoms with Crippen LogP contribution in [-0.2, 0) is 11.8 Å². The molecule has 0 spiro atoms. The average Bonchev–Trinajstić information content (AvgIpc) is 3.36. The van der Waals surface area contributed by atoms with Gasteiger partial charge >= 0.3 is 0 Å². The lowest BCUT2D eigenvalue weighted by atomic mass is 9.78. The first-order chi connectivity index (χ1) is 17.3. The Balaban J connectivity index is 1.59. The SMILES string of the molecule is CCN1/C(=C\C=NCCC(=N)c2ccc(S)cc2C)C(C)(Cc2ccc(C)s2)c2cc(OC)ccc21. The Kier molecular flexibility index (Phi) is 8.06. The van der Waals surface area contributed by atoms with Gasteiger partial charge in [-0.25, -0.2) is 0 Å². The first-order valence-corrected chi connectivity index (χ1v) is 13.6. The van der Waals surface area contributed by atoms with Crippen LogP contribution in [-0.4, -0.2) is 32.1 Å². The van der Waals surface area contributed by atoms with E-state index in [4.69, 9.17) is 10.1 Å². The molecule has 1 aliphatic heterocycles. The zero-order valence-electron chi connectivity index (χ0n) is 21.8. The van der Waals surface area contributed by atoms with Crippen molar-refractivity contribution in [1.29, 1.82) is 5.41 Å². The predicted octanol–water partition coefficient (Wildman–Crippen LogP) is 7.42. The molecule has 2 aromatic carbocycles. The Morgan fingerprint density at radius 3 is 2.64 bits per heavy atom. The molecule has 2 heterocycles. The molecule has 0 bridgehead atoms. The second-order valence-corrected chi connectivity index (χ2v) is 11.4. The highest BCUT2D eigenvalue weighted by Crippen LogP contribution is 2.51. The van der Waals surface area contributed by atoms with E-state index < -0.39 is 0 Å². The van der Waals surface area contributed by atoms with E-state index in [1.807, 2.05) is 48.7 Å². The molecule has 1 atom stereocenters. The van der Waals surface area contributed by atoms with Gasteiger partial charge in [-0.05, 0) is 99.3 Å². The highest BCUT2D eigenvalue weighted by atomic mass is 32.1. The molecule has 1 aromatic heterocycles. The summed E-state index contributed by atoms with van der Waals surface area (Å²) in [5.41, 5.74) is 6.24. The number of fused-ring (bicyclic) bond motifs is 1. The molecular weight excluding hydrogens is 482 g/mol. The van der Waals surface area contributed by atoms with Gasteiger partial charge in [-0.15, -0.1) is 24.0 Å². The maximum atomic E-state index is 8.49. The summed E-state index contributed by atoms with van der Waals surface area (Å²) in [4.78, 5) is 10.7. The molecule has 6 heteroatoms. The fourth-order valence-corrected chi connectivity index (χ4v) is 6.42. The number of rotatable bonds is 9.